The van der Waals surface area contributed by atoms with E-state index >= 15 is 0 Å². The number of nitrogens with zero attached hydrogens (tertiary/aromatic N) is 8. The Kier molecular flexibility index (Phi) is 6.39. The van der Waals surface area contributed by atoms with Crippen molar-refractivity contribution in [3.05, 3.63) is 89.0 Å². The van der Waals surface area contributed by atoms with Crippen molar-refractivity contribution in [1.29, 1.82) is 0 Å². The third kappa shape index (κ3) is 4.43. The fraction of sp³-hybridized carbons (Fsp3) is 0.286. The van der Waals surface area contributed by atoms with Gasteiger partial charge in [0.25, 0.3) is 0 Å². The lowest BCUT2D eigenvalue weighted by atomic mass is 9.91. The van der Waals surface area contributed by atoms with E-state index < -0.39 is 36.7 Å². The fourth-order valence-electron chi connectivity index (χ4n) is 5.60. The number of aryl methyl sites for hydroxylation is 1. The van der Waals surface area contributed by atoms with Gasteiger partial charge in [-0.2, -0.15) is 0 Å². The maximum absolute atomic E-state index is 12.0. The zero-order chi connectivity index (χ0) is 28.2. The minimum Gasteiger partial charge on any atom is -0.388 e. The summed E-state index contributed by atoms with van der Waals surface area (Å²) in [6.07, 6.45) is 1.43. The molecule has 4 aromatic heterocycles. The van der Waals surface area contributed by atoms with E-state index in [1.807, 2.05) is 65.4 Å². The molecule has 1 unspecified atom stereocenters. The van der Waals surface area contributed by atoms with Crippen molar-refractivity contribution < 1.29 is 19.3 Å². The molecule has 0 bridgehead atoms. The highest BCUT2D eigenvalue weighted by atomic mass is 32.1. The molecule has 0 aliphatic carbocycles. The monoisotopic (exact) mass is 600 g/mol. The number of aliphatic hydroxyl groups excluding tert-OH is 1. The molecule has 2 aliphatic heterocycles. The molecule has 2 fully saturated rings. The van der Waals surface area contributed by atoms with E-state index in [1.54, 1.807) is 34.7 Å². The maximum atomic E-state index is 12.0. The SMILES string of the molecule is Cc1nc2ccc(-n3cnnc3[C@@H]3O[C@@H]4COC(c5ccccc5)O[C@@H]4[C@H](n4cc(-c5nccs5)nn4)[C@H]3O)cc2s1. The second-order valence-electron chi connectivity index (χ2n) is 10.1. The molecule has 6 aromatic rings. The molecule has 0 radical (unpaired) electrons. The van der Waals surface area contributed by atoms with Gasteiger partial charge in [-0.1, -0.05) is 35.5 Å². The van der Waals surface area contributed by atoms with E-state index in [1.165, 1.54) is 11.3 Å². The summed E-state index contributed by atoms with van der Waals surface area (Å²) in [4.78, 5) is 8.92. The summed E-state index contributed by atoms with van der Waals surface area (Å²) in [5, 5.41) is 33.0. The second kappa shape index (κ2) is 10.4. The van der Waals surface area contributed by atoms with E-state index in [0.717, 1.165) is 31.5 Å². The van der Waals surface area contributed by atoms with Crippen LogP contribution in [-0.2, 0) is 14.2 Å². The molecule has 212 valence electrons. The Labute approximate surface area is 247 Å². The Balaban J connectivity index is 1.17. The standard InChI is InChI=1S/C28H24N8O4S2/c1-15-31-18-8-7-17(11-21(18)42-15)35-14-30-33-26(35)25-23(37)22(36-12-19(32-34-36)27-29-9-10-41-27)24-20(39-25)13-38-28(40-24)16-5-3-2-4-6-16/h2-12,14,20,22-25,28,37H,13H2,1H3/t20-,22-,23-,24+,25-,28?/m1/s1. The van der Waals surface area contributed by atoms with Crippen molar-refractivity contribution in [3.8, 4) is 16.4 Å². The van der Waals surface area contributed by atoms with E-state index in [4.69, 9.17) is 14.2 Å². The summed E-state index contributed by atoms with van der Waals surface area (Å²) in [7, 11) is 0. The molecule has 42 heavy (non-hydrogen) atoms. The number of aliphatic hydroxyl groups is 1. The van der Waals surface area contributed by atoms with Gasteiger partial charge in [0, 0.05) is 22.8 Å². The second-order valence-corrected chi connectivity index (χ2v) is 12.2. The Morgan fingerprint density at radius 1 is 1.07 bits per heavy atom. The summed E-state index contributed by atoms with van der Waals surface area (Å²) >= 11 is 3.08. The van der Waals surface area contributed by atoms with Crippen LogP contribution in [0.1, 0.15) is 34.8 Å². The summed E-state index contributed by atoms with van der Waals surface area (Å²) in [6.45, 7) is 2.23. The number of hydrogen-bond acceptors (Lipinski definition) is 12. The fourth-order valence-corrected chi connectivity index (χ4v) is 7.04. The van der Waals surface area contributed by atoms with Crippen LogP contribution in [0.2, 0.25) is 0 Å². The smallest absolute Gasteiger partial charge is 0.184 e. The molecule has 2 aromatic carbocycles. The first-order chi connectivity index (χ1) is 20.6. The number of aromatic nitrogens is 8. The molecule has 2 saturated heterocycles. The van der Waals surface area contributed by atoms with Crippen LogP contribution in [0.4, 0.5) is 0 Å². The number of ether oxygens (including phenoxy) is 3. The van der Waals surface area contributed by atoms with Crippen molar-refractivity contribution >= 4 is 32.9 Å². The number of hydrogen-bond donors (Lipinski definition) is 1. The molecule has 1 N–H and O–H groups in total. The Morgan fingerprint density at radius 2 is 1.98 bits per heavy atom. The van der Waals surface area contributed by atoms with Gasteiger partial charge in [0.05, 0.1) is 28.0 Å². The number of rotatable bonds is 5. The van der Waals surface area contributed by atoms with Crippen LogP contribution in [-0.4, -0.2) is 69.8 Å². The van der Waals surface area contributed by atoms with Crippen molar-refractivity contribution in [2.24, 2.45) is 0 Å². The predicted octanol–water partition coefficient (Wildman–Crippen LogP) is 4.06. The molecule has 6 heterocycles. The van der Waals surface area contributed by atoms with Gasteiger partial charge < -0.3 is 19.3 Å². The number of thiazole rings is 2. The van der Waals surface area contributed by atoms with Crippen LogP contribution < -0.4 is 0 Å². The lowest BCUT2D eigenvalue weighted by molar-refractivity contribution is -0.319. The number of benzene rings is 2. The molecular weight excluding hydrogens is 576 g/mol. The van der Waals surface area contributed by atoms with Gasteiger partial charge in [0.15, 0.2) is 12.1 Å². The van der Waals surface area contributed by atoms with E-state index in [-0.39, 0.29) is 6.61 Å². The summed E-state index contributed by atoms with van der Waals surface area (Å²) in [6, 6.07) is 15.0. The average Bonchev–Trinajstić information content (AvgIpc) is 3.83. The maximum Gasteiger partial charge on any atom is 0.184 e. The molecule has 2 aliphatic rings. The lowest BCUT2D eigenvalue weighted by Gasteiger charge is -2.47. The van der Waals surface area contributed by atoms with Gasteiger partial charge in [-0.3, -0.25) is 4.57 Å². The van der Waals surface area contributed by atoms with Crippen LogP contribution in [0.3, 0.4) is 0 Å². The topological polar surface area (TPSA) is 135 Å². The number of fused-ring (bicyclic) bond motifs is 2. The summed E-state index contributed by atoms with van der Waals surface area (Å²) in [5.74, 6) is 0.456. The normalized spacial score (nSPS) is 26.0. The zero-order valence-electron chi connectivity index (χ0n) is 22.2. The highest BCUT2D eigenvalue weighted by Crippen LogP contribution is 2.44. The zero-order valence-corrected chi connectivity index (χ0v) is 23.8. The highest BCUT2D eigenvalue weighted by Gasteiger charge is 2.52. The Bertz CT molecular complexity index is 1840. The van der Waals surface area contributed by atoms with E-state index in [2.05, 4.69) is 30.5 Å². The summed E-state index contributed by atoms with van der Waals surface area (Å²) < 4.78 is 23.6. The van der Waals surface area contributed by atoms with Crippen LogP contribution in [0, 0.1) is 6.92 Å². The first kappa shape index (κ1) is 25.8. The molecule has 14 heteroatoms. The highest BCUT2D eigenvalue weighted by molar-refractivity contribution is 7.18. The third-order valence-corrected chi connectivity index (χ3v) is 9.23. The molecule has 6 atom stereocenters. The molecule has 0 spiro atoms. The minimum absolute atomic E-state index is 0.248. The lowest BCUT2D eigenvalue weighted by Crippen LogP contribution is -2.57. The Morgan fingerprint density at radius 3 is 2.83 bits per heavy atom. The van der Waals surface area contributed by atoms with Crippen LogP contribution in [0.25, 0.3) is 26.6 Å². The quantitative estimate of drug-likeness (QED) is 0.309. The molecular formula is C28H24N8O4S2. The van der Waals surface area contributed by atoms with Crippen molar-refractivity contribution in [3.63, 3.8) is 0 Å². The Hall–Kier alpha value is -3.92. The molecule has 0 amide bonds. The van der Waals surface area contributed by atoms with Gasteiger partial charge in [-0.05, 0) is 25.1 Å². The summed E-state index contributed by atoms with van der Waals surface area (Å²) in [5.41, 5.74) is 3.26. The van der Waals surface area contributed by atoms with Crippen molar-refractivity contribution in [2.75, 3.05) is 6.61 Å². The van der Waals surface area contributed by atoms with Gasteiger partial charge in [-0.25, -0.2) is 14.6 Å². The first-order valence-electron chi connectivity index (χ1n) is 13.4. The van der Waals surface area contributed by atoms with E-state index in [0.29, 0.717) is 11.5 Å². The van der Waals surface area contributed by atoms with Crippen molar-refractivity contribution in [2.45, 2.75) is 43.7 Å². The van der Waals surface area contributed by atoms with Gasteiger partial charge in [0.1, 0.15) is 47.5 Å². The largest absolute Gasteiger partial charge is 0.388 e. The van der Waals surface area contributed by atoms with Gasteiger partial charge in [-0.15, -0.1) is 38.0 Å². The van der Waals surface area contributed by atoms with Gasteiger partial charge >= 0.3 is 0 Å². The molecule has 8 rings (SSSR count). The third-order valence-electron chi connectivity index (χ3n) is 7.50. The van der Waals surface area contributed by atoms with Crippen LogP contribution >= 0.6 is 22.7 Å². The predicted molar refractivity (Wildman–Crippen MR) is 153 cm³/mol. The molecule has 12 nitrogen and oxygen atoms in total. The van der Waals surface area contributed by atoms with Crippen LogP contribution in [0.5, 0.6) is 0 Å². The molecule has 0 saturated carbocycles. The van der Waals surface area contributed by atoms with Crippen LogP contribution in [0.15, 0.2) is 72.6 Å². The van der Waals surface area contributed by atoms with Gasteiger partial charge in [0.2, 0.25) is 0 Å². The first-order valence-corrected chi connectivity index (χ1v) is 15.1. The van der Waals surface area contributed by atoms with E-state index in [9.17, 15) is 5.11 Å². The van der Waals surface area contributed by atoms with Crippen molar-refractivity contribution in [1.82, 2.24) is 39.7 Å². The average molecular weight is 601 g/mol. The minimum atomic E-state index is -1.11.